The highest BCUT2D eigenvalue weighted by Gasteiger charge is 2.40. The maximum Gasteiger partial charge on any atom is 0.120 e. The van der Waals surface area contributed by atoms with E-state index >= 15 is 0 Å². The van der Waals surface area contributed by atoms with Gasteiger partial charge in [-0.3, -0.25) is 0 Å². The number of hydrogen-bond donors (Lipinski definition) is 1. The summed E-state index contributed by atoms with van der Waals surface area (Å²) in [4.78, 5) is 0. The molecule has 2 nitrogen and oxygen atoms in total. The Labute approximate surface area is 111 Å². The molecule has 0 saturated heterocycles. The summed E-state index contributed by atoms with van der Waals surface area (Å²) in [5, 5.41) is 0. The molecule has 0 radical (unpaired) electrons. The summed E-state index contributed by atoms with van der Waals surface area (Å²) in [5.74, 6) is 1.49. The summed E-state index contributed by atoms with van der Waals surface area (Å²) in [6.45, 7) is 8.85. The van der Waals surface area contributed by atoms with E-state index in [4.69, 9.17) is 10.5 Å². The second-order valence-corrected chi connectivity index (χ2v) is 6.44. The number of ether oxygens (including phenoxy) is 1. The Kier molecular flexibility index (Phi) is 3.67. The highest BCUT2D eigenvalue weighted by Crippen LogP contribution is 2.38. The van der Waals surface area contributed by atoms with E-state index < -0.39 is 0 Å². The fourth-order valence-electron chi connectivity index (χ4n) is 2.62. The average Bonchev–Trinajstić information content (AvgIpc) is 2.57. The lowest BCUT2D eigenvalue weighted by atomic mass is 9.88. The summed E-state index contributed by atoms with van der Waals surface area (Å²) in [6.07, 6.45) is 2.35. The lowest BCUT2D eigenvalue weighted by Crippen LogP contribution is -2.42. The van der Waals surface area contributed by atoms with Crippen LogP contribution in [0.15, 0.2) is 24.3 Å². The van der Waals surface area contributed by atoms with Crippen LogP contribution in [0.1, 0.15) is 52.0 Å². The van der Waals surface area contributed by atoms with Crippen LogP contribution in [0.5, 0.6) is 5.75 Å². The molecular weight excluding hydrogens is 222 g/mol. The summed E-state index contributed by atoms with van der Waals surface area (Å²) in [6, 6.07) is 8.51. The van der Waals surface area contributed by atoms with Crippen LogP contribution < -0.4 is 10.5 Å². The van der Waals surface area contributed by atoms with Gasteiger partial charge in [-0.05, 0) is 41.9 Å². The van der Waals surface area contributed by atoms with E-state index in [-0.39, 0.29) is 17.6 Å². The van der Waals surface area contributed by atoms with Crippen molar-refractivity contribution < 1.29 is 4.74 Å². The van der Waals surface area contributed by atoms with E-state index in [1.807, 2.05) is 6.07 Å². The lowest BCUT2D eigenvalue weighted by molar-refractivity contribution is 0.164. The molecule has 2 atom stereocenters. The Morgan fingerprint density at radius 1 is 1.33 bits per heavy atom. The fraction of sp³-hybridized carbons (Fsp3) is 0.625. The van der Waals surface area contributed by atoms with Crippen molar-refractivity contribution in [1.29, 1.82) is 0 Å². The number of benzene rings is 1. The maximum absolute atomic E-state index is 6.28. The van der Waals surface area contributed by atoms with Gasteiger partial charge in [-0.15, -0.1) is 0 Å². The third-order valence-corrected chi connectivity index (χ3v) is 4.19. The predicted octanol–water partition coefficient (Wildman–Crippen LogP) is 3.70. The molecule has 18 heavy (non-hydrogen) atoms. The molecular formula is C16H25NO. The molecule has 0 aliphatic heterocycles. The van der Waals surface area contributed by atoms with Crippen molar-refractivity contribution in [1.82, 2.24) is 0 Å². The minimum Gasteiger partial charge on any atom is -0.489 e. The quantitative estimate of drug-likeness (QED) is 0.883. The van der Waals surface area contributed by atoms with Crippen LogP contribution >= 0.6 is 0 Å². The summed E-state index contributed by atoms with van der Waals surface area (Å²) < 4.78 is 6.09. The fourth-order valence-corrected chi connectivity index (χ4v) is 2.62. The first-order valence-electron chi connectivity index (χ1n) is 6.92. The number of rotatable bonds is 3. The van der Waals surface area contributed by atoms with Crippen molar-refractivity contribution in [2.75, 3.05) is 0 Å². The third kappa shape index (κ3) is 2.69. The second kappa shape index (κ2) is 4.93. The van der Waals surface area contributed by atoms with E-state index in [1.54, 1.807) is 0 Å². The molecule has 0 aromatic heterocycles. The zero-order valence-corrected chi connectivity index (χ0v) is 11.9. The number of nitrogens with two attached hydrogens (primary N) is 1. The zero-order valence-electron chi connectivity index (χ0n) is 11.9. The van der Waals surface area contributed by atoms with Crippen molar-refractivity contribution in [3.05, 3.63) is 29.8 Å². The topological polar surface area (TPSA) is 35.2 Å². The Bertz CT molecular complexity index is 411. The first kappa shape index (κ1) is 13.4. The van der Waals surface area contributed by atoms with Gasteiger partial charge < -0.3 is 10.5 Å². The summed E-state index contributed by atoms with van der Waals surface area (Å²) >= 11 is 0. The molecule has 1 fully saturated rings. The maximum atomic E-state index is 6.28. The minimum absolute atomic E-state index is 0.125. The molecule has 2 heteroatoms. The Morgan fingerprint density at radius 3 is 2.61 bits per heavy atom. The highest BCUT2D eigenvalue weighted by molar-refractivity contribution is 5.30. The Balaban J connectivity index is 2.08. The lowest BCUT2D eigenvalue weighted by Gasteiger charge is -2.27. The molecule has 0 heterocycles. The standard InChI is InChI=1S/C16H25NO/c1-11(2)12-6-5-7-13(10-12)18-14-8-9-16(3,4)15(14)17/h5-7,10-11,14-15H,8-9,17H2,1-4H3. The van der Waals surface area contributed by atoms with Crippen LogP contribution in [0.4, 0.5) is 0 Å². The first-order valence-corrected chi connectivity index (χ1v) is 6.92. The van der Waals surface area contributed by atoms with Gasteiger partial charge in [-0.25, -0.2) is 0 Å². The average molecular weight is 247 g/mol. The molecule has 0 bridgehead atoms. The van der Waals surface area contributed by atoms with Crippen molar-refractivity contribution in [2.24, 2.45) is 11.1 Å². The molecule has 1 aliphatic rings. The van der Waals surface area contributed by atoms with E-state index in [0.717, 1.165) is 18.6 Å². The van der Waals surface area contributed by atoms with Crippen LogP contribution in [-0.2, 0) is 0 Å². The third-order valence-electron chi connectivity index (χ3n) is 4.19. The number of hydrogen-bond acceptors (Lipinski definition) is 2. The SMILES string of the molecule is CC(C)c1cccc(OC2CCC(C)(C)C2N)c1. The van der Waals surface area contributed by atoms with Gasteiger partial charge in [0, 0.05) is 6.04 Å². The van der Waals surface area contributed by atoms with Crippen LogP contribution in [0.3, 0.4) is 0 Å². The van der Waals surface area contributed by atoms with Crippen molar-refractivity contribution in [3.8, 4) is 5.75 Å². The highest BCUT2D eigenvalue weighted by atomic mass is 16.5. The van der Waals surface area contributed by atoms with Gasteiger partial charge in [0.15, 0.2) is 0 Å². The predicted molar refractivity (Wildman–Crippen MR) is 75.9 cm³/mol. The van der Waals surface area contributed by atoms with Crippen LogP contribution in [0.25, 0.3) is 0 Å². The molecule has 0 spiro atoms. The van der Waals surface area contributed by atoms with E-state index in [1.165, 1.54) is 5.56 Å². The van der Waals surface area contributed by atoms with E-state index in [0.29, 0.717) is 5.92 Å². The van der Waals surface area contributed by atoms with E-state index in [9.17, 15) is 0 Å². The Hall–Kier alpha value is -1.02. The monoisotopic (exact) mass is 247 g/mol. The molecule has 1 aromatic rings. The van der Waals surface area contributed by atoms with Crippen molar-refractivity contribution in [2.45, 2.75) is 58.6 Å². The Morgan fingerprint density at radius 2 is 2.06 bits per heavy atom. The normalized spacial score (nSPS) is 26.6. The van der Waals surface area contributed by atoms with Crippen molar-refractivity contribution >= 4 is 0 Å². The van der Waals surface area contributed by atoms with Crippen molar-refractivity contribution in [3.63, 3.8) is 0 Å². The summed E-state index contributed by atoms with van der Waals surface area (Å²) in [5.41, 5.74) is 7.79. The van der Waals surface area contributed by atoms with Gasteiger partial charge in [0.25, 0.3) is 0 Å². The molecule has 1 aliphatic carbocycles. The second-order valence-electron chi connectivity index (χ2n) is 6.44. The van der Waals surface area contributed by atoms with Gasteiger partial charge in [-0.2, -0.15) is 0 Å². The van der Waals surface area contributed by atoms with E-state index in [2.05, 4.69) is 45.9 Å². The van der Waals surface area contributed by atoms with Gasteiger partial charge >= 0.3 is 0 Å². The van der Waals surface area contributed by atoms with Gasteiger partial charge in [0.1, 0.15) is 11.9 Å². The molecule has 0 amide bonds. The first-order chi connectivity index (χ1) is 8.40. The van der Waals surface area contributed by atoms with Gasteiger partial charge in [-0.1, -0.05) is 39.8 Å². The minimum atomic E-state index is 0.125. The molecule has 2 unspecified atom stereocenters. The van der Waals surface area contributed by atoms with Crippen LogP contribution in [0.2, 0.25) is 0 Å². The van der Waals surface area contributed by atoms with Gasteiger partial charge in [0.05, 0.1) is 0 Å². The molecule has 1 saturated carbocycles. The smallest absolute Gasteiger partial charge is 0.120 e. The zero-order chi connectivity index (χ0) is 13.3. The molecule has 2 rings (SSSR count). The largest absolute Gasteiger partial charge is 0.489 e. The molecule has 1 aromatic carbocycles. The van der Waals surface area contributed by atoms with Crippen LogP contribution in [-0.4, -0.2) is 12.1 Å². The molecule has 100 valence electrons. The molecule has 2 N–H and O–H groups in total. The van der Waals surface area contributed by atoms with Gasteiger partial charge in [0.2, 0.25) is 0 Å². The summed E-state index contributed by atoms with van der Waals surface area (Å²) in [7, 11) is 0. The van der Waals surface area contributed by atoms with Crippen LogP contribution in [0, 0.1) is 5.41 Å².